The number of anilines is 1. The molecule has 0 bridgehead atoms. The predicted molar refractivity (Wildman–Crippen MR) is 92.0 cm³/mol. The fraction of sp³-hybridized carbons (Fsp3) is 0.562. The van der Waals surface area contributed by atoms with Gasteiger partial charge >= 0.3 is 0 Å². The Balaban J connectivity index is 2.67. The van der Waals surface area contributed by atoms with Gasteiger partial charge in [0.25, 0.3) is 0 Å². The van der Waals surface area contributed by atoms with Crippen molar-refractivity contribution in [3.05, 3.63) is 18.2 Å². The van der Waals surface area contributed by atoms with E-state index in [2.05, 4.69) is 36.0 Å². The standard InChI is InChI=1S/C16H28N4O2/c1-6-20(12(2)3)10-9-18-16(17)19-14-11-13(21-4)7-8-15(14)22-5/h7-8,11-12H,6,9-10H2,1-5H3,(H3,17,18,19). The second kappa shape index (κ2) is 9.15. The molecule has 124 valence electrons. The Morgan fingerprint density at radius 1 is 1.32 bits per heavy atom. The van der Waals surface area contributed by atoms with E-state index in [1.807, 2.05) is 18.2 Å². The molecule has 0 radical (unpaired) electrons. The number of ether oxygens (including phenoxy) is 2. The van der Waals surface area contributed by atoms with Crippen molar-refractivity contribution in [1.29, 1.82) is 0 Å². The van der Waals surface area contributed by atoms with E-state index in [-0.39, 0.29) is 0 Å². The van der Waals surface area contributed by atoms with Crippen molar-refractivity contribution in [2.75, 3.05) is 39.2 Å². The van der Waals surface area contributed by atoms with Gasteiger partial charge in [-0.1, -0.05) is 6.92 Å². The van der Waals surface area contributed by atoms with Crippen LogP contribution in [0.5, 0.6) is 11.5 Å². The summed E-state index contributed by atoms with van der Waals surface area (Å²) in [7, 11) is 3.23. The van der Waals surface area contributed by atoms with Crippen molar-refractivity contribution in [2.24, 2.45) is 10.7 Å². The zero-order valence-corrected chi connectivity index (χ0v) is 14.2. The van der Waals surface area contributed by atoms with Gasteiger partial charge in [0.15, 0.2) is 5.96 Å². The first kappa shape index (κ1) is 18.1. The molecule has 22 heavy (non-hydrogen) atoms. The van der Waals surface area contributed by atoms with E-state index in [0.717, 1.165) is 24.5 Å². The van der Waals surface area contributed by atoms with E-state index in [0.29, 0.717) is 24.3 Å². The summed E-state index contributed by atoms with van der Waals surface area (Å²) in [5.74, 6) is 1.79. The fourth-order valence-electron chi connectivity index (χ4n) is 2.17. The molecular weight excluding hydrogens is 280 g/mol. The van der Waals surface area contributed by atoms with Crippen LogP contribution >= 0.6 is 0 Å². The van der Waals surface area contributed by atoms with E-state index in [1.165, 1.54) is 0 Å². The van der Waals surface area contributed by atoms with Gasteiger partial charge in [0.1, 0.15) is 11.5 Å². The predicted octanol–water partition coefficient (Wildman–Crippen LogP) is 2.16. The number of hydrogen-bond acceptors (Lipinski definition) is 4. The third-order valence-electron chi connectivity index (χ3n) is 3.48. The molecule has 0 aliphatic rings. The third-order valence-corrected chi connectivity index (χ3v) is 3.48. The van der Waals surface area contributed by atoms with Crippen LogP contribution in [0.3, 0.4) is 0 Å². The van der Waals surface area contributed by atoms with Gasteiger partial charge in [0, 0.05) is 18.7 Å². The van der Waals surface area contributed by atoms with Crippen molar-refractivity contribution in [3.8, 4) is 11.5 Å². The van der Waals surface area contributed by atoms with Crippen LogP contribution in [-0.2, 0) is 0 Å². The molecule has 1 aromatic carbocycles. The second-order valence-corrected chi connectivity index (χ2v) is 5.18. The Hall–Kier alpha value is -1.95. The van der Waals surface area contributed by atoms with Crippen molar-refractivity contribution >= 4 is 11.6 Å². The van der Waals surface area contributed by atoms with E-state index >= 15 is 0 Å². The summed E-state index contributed by atoms with van der Waals surface area (Å²) < 4.78 is 10.5. The summed E-state index contributed by atoms with van der Waals surface area (Å²) in [5, 5.41) is 3.06. The van der Waals surface area contributed by atoms with Crippen LogP contribution in [0.1, 0.15) is 20.8 Å². The highest BCUT2D eigenvalue weighted by Crippen LogP contribution is 2.28. The molecule has 1 rings (SSSR count). The number of benzene rings is 1. The maximum absolute atomic E-state index is 5.95. The Morgan fingerprint density at radius 2 is 2.05 bits per heavy atom. The highest BCUT2D eigenvalue weighted by molar-refractivity contribution is 5.94. The maximum Gasteiger partial charge on any atom is 0.193 e. The molecule has 0 fully saturated rings. The van der Waals surface area contributed by atoms with Gasteiger partial charge in [-0.15, -0.1) is 0 Å². The van der Waals surface area contributed by atoms with Crippen LogP contribution < -0.4 is 20.5 Å². The Kier molecular flexibility index (Phi) is 7.52. The molecule has 6 nitrogen and oxygen atoms in total. The molecule has 0 saturated carbocycles. The van der Waals surface area contributed by atoms with Crippen LogP contribution in [-0.4, -0.2) is 50.8 Å². The minimum Gasteiger partial charge on any atom is -0.497 e. The summed E-state index contributed by atoms with van der Waals surface area (Å²) in [6, 6.07) is 5.99. The van der Waals surface area contributed by atoms with Crippen LogP contribution in [0, 0.1) is 0 Å². The van der Waals surface area contributed by atoms with Gasteiger partial charge < -0.3 is 20.5 Å². The number of likely N-dealkylation sites (N-methyl/N-ethyl adjacent to an activating group) is 1. The quantitative estimate of drug-likeness (QED) is 0.569. The van der Waals surface area contributed by atoms with E-state index in [1.54, 1.807) is 14.2 Å². The highest BCUT2D eigenvalue weighted by Gasteiger charge is 2.07. The Labute approximate surface area is 133 Å². The average Bonchev–Trinajstić information content (AvgIpc) is 2.51. The van der Waals surface area contributed by atoms with Gasteiger partial charge in [-0.3, -0.25) is 9.89 Å². The van der Waals surface area contributed by atoms with E-state index < -0.39 is 0 Å². The van der Waals surface area contributed by atoms with Gasteiger partial charge in [-0.25, -0.2) is 0 Å². The number of hydrogen-bond donors (Lipinski definition) is 2. The average molecular weight is 308 g/mol. The zero-order chi connectivity index (χ0) is 16.5. The molecule has 0 aliphatic carbocycles. The molecule has 3 N–H and O–H groups in total. The van der Waals surface area contributed by atoms with E-state index in [4.69, 9.17) is 15.2 Å². The lowest BCUT2D eigenvalue weighted by atomic mass is 10.2. The zero-order valence-electron chi connectivity index (χ0n) is 14.2. The summed E-state index contributed by atoms with van der Waals surface area (Å²) in [5.41, 5.74) is 6.68. The molecular formula is C16H28N4O2. The molecule has 0 spiro atoms. The fourth-order valence-corrected chi connectivity index (χ4v) is 2.17. The van der Waals surface area contributed by atoms with Crippen molar-refractivity contribution in [3.63, 3.8) is 0 Å². The molecule has 0 aliphatic heterocycles. The largest absolute Gasteiger partial charge is 0.497 e. The molecule has 0 aromatic heterocycles. The lowest BCUT2D eigenvalue weighted by molar-refractivity contribution is 0.241. The summed E-state index contributed by atoms with van der Waals surface area (Å²) in [4.78, 5) is 6.70. The van der Waals surface area contributed by atoms with E-state index in [9.17, 15) is 0 Å². The second-order valence-electron chi connectivity index (χ2n) is 5.18. The van der Waals surface area contributed by atoms with Gasteiger partial charge in [-0.05, 0) is 32.5 Å². The lowest BCUT2D eigenvalue weighted by Crippen LogP contribution is -2.33. The number of nitrogens with one attached hydrogen (secondary N) is 1. The number of aliphatic imine (C=N–C) groups is 1. The monoisotopic (exact) mass is 308 g/mol. The molecule has 0 saturated heterocycles. The first-order chi connectivity index (χ1) is 10.5. The van der Waals surface area contributed by atoms with Gasteiger partial charge in [0.05, 0.1) is 26.5 Å². The maximum atomic E-state index is 5.95. The topological polar surface area (TPSA) is 72.1 Å². The minimum atomic E-state index is 0.367. The molecule has 1 aromatic rings. The number of nitrogens with zero attached hydrogens (tertiary/aromatic N) is 2. The first-order valence-corrected chi connectivity index (χ1v) is 7.54. The molecule has 0 unspecified atom stereocenters. The lowest BCUT2D eigenvalue weighted by Gasteiger charge is -2.23. The molecule has 0 amide bonds. The molecule has 6 heteroatoms. The third kappa shape index (κ3) is 5.44. The number of guanidine groups is 1. The SMILES string of the molecule is CCN(CCN=C(N)Nc1cc(OC)ccc1OC)C(C)C. The number of nitrogens with two attached hydrogens (primary N) is 1. The first-order valence-electron chi connectivity index (χ1n) is 7.54. The Bertz CT molecular complexity index is 489. The van der Waals surface area contributed by atoms with Crippen LogP contribution in [0.4, 0.5) is 5.69 Å². The van der Waals surface area contributed by atoms with Crippen molar-refractivity contribution in [1.82, 2.24) is 4.90 Å². The normalized spacial score (nSPS) is 11.9. The number of methoxy groups -OCH3 is 2. The summed E-state index contributed by atoms with van der Waals surface area (Å²) >= 11 is 0. The van der Waals surface area contributed by atoms with Crippen LogP contribution in [0.2, 0.25) is 0 Å². The van der Waals surface area contributed by atoms with Crippen LogP contribution in [0.25, 0.3) is 0 Å². The highest BCUT2D eigenvalue weighted by atomic mass is 16.5. The van der Waals surface area contributed by atoms with Gasteiger partial charge in [0.2, 0.25) is 0 Å². The smallest absolute Gasteiger partial charge is 0.193 e. The Morgan fingerprint density at radius 3 is 2.59 bits per heavy atom. The minimum absolute atomic E-state index is 0.367. The van der Waals surface area contributed by atoms with Crippen molar-refractivity contribution < 1.29 is 9.47 Å². The summed E-state index contributed by atoms with van der Waals surface area (Å²) in [6.07, 6.45) is 0. The van der Waals surface area contributed by atoms with Crippen molar-refractivity contribution in [2.45, 2.75) is 26.8 Å². The summed E-state index contributed by atoms with van der Waals surface area (Å²) in [6.45, 7) is 9.03. The molecule has 0 heterocycles. The molecule has 0 atom stereocenters. The van der Waals surface area contributed by atoms with Gasteiger partial charge in [-0.2, -0.15) is 0 Å². The number of rotatable bonds is 8. The van der Waals surface area contributed by atoms with Crippen LogP contribution in [0.15, 0.2) is 23.2 Å².